The number of aromatic carboxylic acids is 1. The summed E-state index contributed by atoms with van der Waals surface area (Å²) >= 11 is 0. The van der Waals surface area contributed by atoms with Crippen LogP contribution in [0, 0.1) is 6.92 Å². The number of carboxylic acid groups (broad SMARTS) is 1. The minimum absolute atomic E-state index is 0.203. The standard InChI is InChI=1S/C12H12N2O3/c1-8-3-4-9(12(15)16)5-11(8)17-10-6-13-14(2)7-10/h3-7H,1-2H3,(H,15,16). The van der Waals surface area contributed by atoms with Gasteiger partial charge in [-0.2, -0.15) is 5.10 Å². The van der Waals surface area contributed by atoms with E-state index in [1.54, 1.807) is 36.3 Å². The number of carboxylic acids is 1. The second-order valence-electron chi connectivity index (χ2n) is 3.74. The molecule has 0 aliphatic rings. The highest BCUT2D eigenvalue weighted by Gasteiger charge is 2.08. The predicted molar refractivity (Wildman–Crippen MR) is 61.4 cm³/mol. The first-order valence-electron chi connectivity index (χ1n) is 5.06. The number of hydrogen-bond acceptors (Lipinski definition) is 3. The third-order valence-corrected chi connectivity index (χ3v) is 2.34. The summed E-state index contributed by atoms with van der Waals surface area (Å²) < 4.78 is 7.19. The van der Waals surface area contributed by atoms with Crippen molar-refractivity contribution in [3.05, 3.63) is 41.7 Å². The molecule has 0 saturated heterocycles. The molecule has 0 unspecified atom stereocenters. The van der Waals surface area contributed by atoms with Crippen LogP contribution >= 0.6 is 0 Å². The van der Waals surface area contributed by atoms with Crippen LogP contribution in [0.25, 0.3) is 0 Å². The highest BCUT2D eigenvalue weighted by atomic mass is 16.5. The van der Waals surface area contributed by atoms with E-state index >= 15 is 0 Å². The lowest BCUT2D eigenvalue weighted by Gasteiger charge is -2.07. The van der Waals surface area contributed by atoms with Crippen molar-refractivity contribution >= 4 is 5.97 Å². The molecule has 1 N–H and O–H groups in total. The Balaban J connectivity index is 2.31. The third kappa shape index (κ3) is 2.44. The summed E-state index contributed by atoms with van der Waals surface area (Å²) in [5.74, 6) is 0.136. The molecule has 0 amide bonds. The molecule has 5 nitrogen and oxygen atoms in total. The van der Waals surface area contributed by atoms with Gasteiger partial charge in [0.2, 0.25) is 0 Å². The third-order valence-electron chi connectivity index (χ3n) is 2.34. The zero-order valence-electron chi connectivity index (χ0n) is 9.54. The first kappa shape index (κ1) is 11.2. The van der Waals surface area contributed by atoms with Gasteiger partial charge in [0, 0.05) is 7.05 Å². The van der Waals surface area contributed by atoms with Gasteiger partial charge in [0.05, 0.1) is 18.0 Å². The van der Waals surface area contributed by atoms with Crippen molar-refractivity contribution in [2.24, 2.45) is 7.05 Å². The molecule has 2 aromatic rings. The SMILES string of the molecule is Cc1ccc(C(=O)O)cc1Oc1cnn(C)c1. The van der Waals surface area contributed by atoms with E-state index in [0.717, 1.165) is 5.56 Å². The van der Waals surface area contributed by atoms with Crippen molar-refractivity contribution in [2.75, 3.05) is 0 Å². The number of carbonyl (C=O) groups is 1. The predicted octanol–water partition coefficient (Wildman–Crippen LogP) is 2.22. The van der Waals surface area contributed by atoms with Crippen LogP contribution in [-0.4, -0.2) is 20.9 Å². The lowest BCUT2D eigenvalue weighted by atomic mass is 10.1. The molecule has 0 spiro atoms. The van der Waals surface area contributed by atoms with Gasteiger partial charge in [-0.15, -0.1) is 0 Å². The van der Waals surface area contributed by atoms with Crippen molar-refractivity contribution < 1.29 is 14.6 Å². The molecule has 17 heavy (non-hydrogen) atoms. The zero-order valence-corrected chi connectivity index (χ0v) is 9.54. The second kappa shape index (κ2) is 4.29. The number of ether oxygens (including phenoxy) is 1. The maximum Gasteiger partial charge on any atom is 0.335 e. The molecule has 2 rings (SSSR count). The summed E-state index contributed by atoms with van der Waals surface area (Å²) in [6, 6.07) is 4.77. The lowest BCUT2D eigenvalue weighted by Crippen LogP contribution is -1.97. The average molecular weight is 232 g/mol. The molecule has 0 fully saturated rings. The molecule has 0 atom stereocenters. The van der Waals surface area contributed by atoms with Gasteiger partial charge in [-0.1, -0.05) is 6.07 Å². The molecule has 5 heteroatoms. The monoisotopic (exact) mass is 232 g/mol. The summed E-state index contributed by atoms with van der Waals surface area (Å²) in [6.07, 6.45) is 3.29. The lowest BCUT2D eigenvalue weighted by molar-refractivity contribution is 0.0696. The van der Waals surface area contributed by atoms with E-state index in [1.165, 1.54) is 6.07 Å². The van der Waals surface area contributed by atoms with Crippen LogP contribution in [0.2, 0.25) is 0 Å². The van der Waals surface area contributed by atoms with Gasteiger partial charge in [-0.05, 0) is 24.6 Å². The van der Waals surface area contributed by atoms with E-state index in [-0.39, 0.29) is 5.56 Å². The Morgan fingerprint density at radius 2 is 2.24 bits per heavy atom. The van der Waals surface area contributed by atoms with Crippen LogP contribution in [0.3, 0.4) is 0 Å². The van der Waals surface area contributed by atoms with Crippen LogP contribution in [-0.2, 0) is 7.05 Å². The number of aryl methyl sites for hydroxylation is 2. The normalized spacial score (nSPS) is 10.2. The molecule has 1 aromatic heterocycles. The van der Waals surface area contributed by atoms with Gasteiger partial charge in [0.1, 0.15) is 5.75 Å². The molecule has 0 bridgehead atoms. The van der Waals surface area contributed by atoms with E-state index < -0.39 is 5.97 Å². The van der Waals surface area contributed by atoms with Gasteiger partial charge in [-0.3, -0.25) is 4.68 Å². The van der Waals surface area contributed by atoms with Gasteiger partial charge in [-0.25, -0.2) is 4.79 Å². The minimum atomic E-state index is -0.971. The molecular formula is C12H12N2O3. The van der Waals surface area contributed by atoms with Crippen molar-refractivity contribution in [3.63, 3.8) is 0 Å². The van der Waals surface area contributed by atoms with Crippen LogP contribution in [0.1, 0.15) is 15.9 Å². The van der Waals surface area contributed by atoms with Crippen LogP contribution < -0.4 is 4.74 Å². The Morgan fingerprint density at radius 3 is 2.82 bits per heavy atom. The first-order chi connectivity index (χ1) is 8.06. The quantitative estimate of drug-likeness (QED) is 0.881. The van der Waals surface area contributed by atoms with Crippen LogP contribution in [0.5, 0.6) is 11.5 Å². The fraction of sp³-hybridized carbons (Fsp3) is 0.167. The summed E-state index contributed by atoms with van der Waals surface area (Å²) in [6.45, 7) is 1.86. The number of rotatable bonds is 3. The smallest absolute Gasteiger partial charge is 0.335 e. The highest BCUT2D eigenvalue weighted by molar-refractivity contribution is 5.88. The van der Waals surface area contributed by atoms with Crippen molar-refractivity contribution in [3.8, 4) is 11.5 Å². The molecule has 0 saturated carbocycles. The summed E-state index contributed by atoms with van der Waals surface area (Å²) in [7, 11) is 1.79. The fourth-order valence-electron chi connectivity index (χ4n) is 1.42. The molecule has 1 heterocycles. The van der Waals surface area contributed by atoms with Crippen molar-refractivity contribution in [1.29, 1.82) is 0 Å². The Labute approximate surface area is 98.3 Å². The highest BCUT2D eigenvalue weighted by Crippen LogP contribution is 2.25. The number of hydrogen-bond donors (Lipinski definition) is 1. The number of aromatic nitrogens is 2. The van der Waals surface area contributed by atoms with E-state index in [4.69, 9.17) is 9.84 Å². The van der Waals surface area contributed by atoms with Crippen LogP contribution in [0.15, 0.2) is 30.6 Å². The summed E-state index contributed by atoms with van der Waals surface area (Å²) in [4.78, 5) is 10.8. The van der Waals surface area contributed by atoms with E-state index in [1.807, 2.05) is 6.92 Å². The number of nitrogens with zero attached hydrogens (tertiary/aromatic N) is 2. The molecule has 1 aromatic carbocycles. The largest absolute Gasteiger partial charge is 0.478 e. The Bertz CT molecular complexity index is 561. The van der Waals surface area contributed by atoms with Crippen molar-refractivity contribution in [1.82, 2.24) is 9.78 Å². The summed E-state index contributed by atoms with van der Waals surface area (Å²) in [5.41, 5.74) is 1.08. The molecule has 88 valence electrons. The molecular weight excluding hydrogens is 220 g/mol. The van der Waals surface area contributed by atoms with Gasteiger partial charge < -0.3 is 9.84 Å². The average Bonchev–Trinajstić information content (AvgIpc) is 2.67. The fourth-order valence-corrected chi connectivity index (χ4v) is 1.42. The van der Waals surface area contributed by atoms with Gasteiger partial charge in [0.25, 0.3) is 0 Å². The first-order valence-corrected chi connectivity index (χ1v) is 5.06. The Kier molecular flexibility index (Phi) is 2.82. The summed E-state index contributed by atoms with van der Waals surface area (Å²) in [5, 5.41) is 12.9. The molecule has 0 aliphatic heterocycles. The number of benzene rings is 1. The topological polar surface area (TPSA) is 64.3 Å². The Morgan fingerprint density at radius 1 is 1.47 bits per heavy atom. The van der Waals surface area contributed by atoms with Crippen molar-refractivity contribution in [2.45, 2.75) is 6.92 Å². The van der Waals surface area contributed by atoms with Crippen LogP contribution in [0.4, 0.5) is 0 Å². The molecule has 0 radical (unpaired) electrons. The second-order valence-corrected chi connectivity index (χ2v) is 3.74. The van der Waals surface area contributed by atoms with Gasteiger partial charge >= 0.3 is 5.97 Å². The van der Waals surface area contributed by atoms with E-state index in [9.17, 15) is 4.79 Å². The van der Waals surface area contributed by atoms with E-state index in [2.05, 4.69) is 5.10 Å². The zero-order chi connectivity index (χ0) is 12.4. The molecule has 0 aliphatic carbocycles. The Hall–Kier alpha value is -2.30. The maximum atomic E-state index is 10.8. The maximum absolute atomic E-state index is 10.8. The minimum Gasteiger partial charge on any atom is -0.478 e. The van der Waals surface area contributed by atoms with E-state index in [0.29, 0.717) is 11.5 Å². The van der Waals surface area contributed by atoms with Gasteiger partial charge in [0.15, 0.2) is 5.75 Å².